The molecule has 1 N–H and O–H groups in total. The first-order valence-electron chi connectivity index (χ1n) is 7.07. The van der Waals surface area contributed by atoms with Crippen molar-refractivity contribution in [2.75, 3.05) is 6.54 Å². The Balaban J connectivity index is 2.29. The third kappa shape index (κ3) is 2.59. The average molecular weight is 343 g/mol. The maximum atomic E-state index is 12.8. The van der Waals surface area contributed by atoms with E-state index in [9.17, 15) is 18.0 Å². The van der Waals surface area contributed by atoms with Crippen LogP contribution < -0.4 is 0 Å². The third-order valence-corrected chi connectivity index (χ3v) is 5.42. The number of carbonyl (C=O) groups is 2. The molecule has 0 spiro atoms. The van der Waals surface area contributed by atoms with E-state index in [-0.39, 0.29) is 10.5 Å². The number of amides is 1. The van der Waals surface area contributed by atoms with Crippen molar-refractivity contribution in [1.82, 2.24) is 4.31 Å². The Morgan fingerprint density at radius 1 is 0.917 bits per heavy atom. The summed E-state index contributed by atoms with van der Waals surface area (Å²) >= 11 is 0. The topological polar surface area (TPSA) is 91.8 Å². The minimum Gasteiger partial charge on any atom is -0.480 e. The Labute approximate surface area is 138 Å². The van der Waals surface area contributed by atoms with Gasteiger partial charge in [0.15, 0.2) is 0 Å². The molecule has 2 aromatic rings. The van der Waals surface area contributed by atoms with E-state index in [4.69, 9.17) is 5.11 Å². The minimum atomic E-state index is -4.24. The van der Waals surface area contributed by atoms with Crippen molar-refractivity contribution in [2.45, 2.75) is 0 Å². The van der Waals surface area contributed by atoms with Crippen molar-refractivity contribution in [3.05, 3.63) is 71.8 Å². The first-order valence-corrected chi connectivity index (χ1v) is 8.51. The number of carbonyl (C=O) groups excluding carboxylic acids is 1. The van der Waals surface area contributed by atoms with Crippen LogP contribution in [0.5, 0.6) is 0 Å². The van der Waals surface area contributed by atoms with Crippen LogP contribution in [-0.4, -0.2) is 36.3 Å². The molecular formula is C17H13NO5S. The van der Waals surface area contributed by atoms with Crippen LogP contribution in [0.3, 0.4) is 0 Å². The number of hydrogen-bond acceptors (Lipinski definition) is 4. The molecule has 2 aromatic carbocycles. The average Bonchev–Trinajstić information content (AvgIpc) is 2.76. The van der Waals surface area contributed by atoms with E-state index in [1.54, 1.807) is 60.7 Å². The molecule has 0 fully saturated rings. The van der Waals surface area contributed by atoms with Crippen molar-refractivity contribution in [3.63, 3.8) is 0 Å². The van der Waals surface area contributed by atoms with E-state index < -0.39 is 28.4 Å². The van der Waals surface area contributed by atoms with Gasteiger partial charge in [-0.2, -0.15) is 0 Å². The maximum Gasteiger partial charge on any atom is 0.324 e. The molecule has 1 aliphatic rings. The zero-order valence-corrected chi connectivity index (χ0v) is 13.2. The van der Waals surface area contributed by atoms with Crippen LogP contribution in [0.4, 0.5) is 0 Å². The lowest BCUT2D eigenvalue weighted by Crippen LogP contribution is -2.36. The summed E-state index contributed by atoms with van der Waals surface area (Å²) in [7, 11) is -4.24. The first-order chi connectivity index (χ1) is 11.4. The predicted octanol–water partition coefficient (Wildman–Crippen LogP) is 1.81. The second kappa shape index (κ2) is 5.93. The van der Waals surface area contributed by atoms with E-state index >= 15 is 0 Å². The SMILES string of the molecule is O=C(O)CN1C(=O)C(c2ccccc2)=C(c2ccccc2)S1(=O)=O. The quantitative estimate of drug-likeness (QED) is 0.914. The van der Waals surface area contributed by atoms with Gasteiger partial charge < -0.3 is 5.11 Å². The van der Waals surface area contributed by atoms with Crippen LogP contribution in [0.1, 0.15) is 11.1 Å². The number of aliphatic carboxylic acids is 1. The van der Waals surface area contributed by atoms with Gasteiger partial charge in [0.1, 0.15) is 11.4 Å². The van der Waals surface area contributed by atoms with Crippen LogP contribution in [0.25, 0.3) is 10.5 Å². The van der Waals surface area contributed by atoms with Gasteiger partial charge in [-0.05, 0) is 11.1 Å². The highest BCUT2D eigenvalue weighted by Gasteiger charge is 2.45. The summed E-state index contributed by atoms with van der Waals surface area (Å²) in [5, 5.41) is 8.96. The largest absolute Gasteiger partial charge is 0.480 e. The Hall–Kier alpha value is -2.93. The highest BCUT2D eigenvalue weighted by atomic mass is 32.2. The van der Waals surface area contributed by atoms with E-state index in [0.717, 1.165) is 0 Å². The minimum absolute atomic E-state index is 0.0111. The molecule has 1 heterocycles. The van der Waals surface area contributed by atoms with Crippen LogP contribution in [0.15, 0.2) is 60.7 Å². The molecule has 122 valence electrons. The van der Waals surface area contributed by atoms with Crippen molar-refractivity contribution in [3.8, 4) is 0 Å². The molecule has 0 radical (unpaired) electrons. The van der Waals surface area contributed by atoms with Crippen LogP contribution in [0.2, 0.25) is 0 Å². The molecule has 0 unspecified atom stereocenters. The van der Waals surface area contributed by atoms with Gasteiger partial charge in [-0.3, -0.25) is 9.59 Å². The van der Waals surface area contributed by atoms with E-state index in [2.05, 4.69) is 0 Å². The van der Waals surface area contributed by atoms with Gasteiger partial charge in [0.05, 0.1) is 5.57 Å². The van der Waals surface area contributed by atoms with Crippen LogP contribution in [-0.2, 0) is 19.6 Å². The van der Waals surface area contributed by atoms with E-state index in [1.807, 2.05) is 0 Å². The van der Waals surface area contributed by atoms with Gasteiger partial charge in [0.2, 0.25) is 0 Å². The van der Waals surface area contributed by atoms with Crippen LogP contribution >= 0.6 is 0 Å². The number of nitrogens with zero attached hydrogens (tertiary/aromatic N) is 1. The van der Waals surface area contributed by atoms with Crippen molar-refractivity contribution < 1.29 is 23.1 Å². The van der Waals surface area contributed by atoms with Gasteiger partial charge in [0, 0.05) is 0 Å². The number of rotatable bonds is 4. The van der Waals surface area contributed by atoms with Crippen molar-refractivity contribution in [2.24, 2.45) is 0 Å². The summed E-state index contributed by atoms with van der Waals surface area (Å²) in [6.07, 6.45) is 0. The fourth-order valence-corrected chi connectivity index (χ4v) is 4.30. The molecule has 0 aromatic heterocycles. The fourth-order valence-electron chi connectivity index (χ4n) is 2.59. The van der Waals surface area contributed by atoms with Gasteiger partial charge in [-0.1, -0.05) is 60.7 Å². The number of hydrogen-bond donors (Lipinski definition) is 1. The molecule has 3 rings (SSSR count). The molecule has 24 heavy (non-hydrogen) atoms. The lowest BCUT2D eigenvalue weighted by Gasteiger charge is -2.13. The Kier molecular flexibility index (Phi) is 3.94. The Bertz CT molecular complexity index is 933. The van der Waals surface area contributed by atoms with Gasteiger partial charge in [-0.25, -0.2) is 12.7 Å². The number of carboxylic acid groups (broad SMARTS) is 1. The summed E-state index contributed by atoms with van der Waals surface area (Å²) in [5.74, 6) is -2.23. The number of benzene rings is 2. The molecule has 1 amide bonds. The zero-order chi connectivity index (χ0) is 17.3. The number of sulfonamides is 1. The fraction of sp³-hybridized carbons (Fsp3) is 0.0588. The molecule has 0 aliphatic carbocycles. The predicted molar refractivity (Wildman–Crippen MR) is 88.0 cm³/mol. The molecule has 0 atom stereocenters. The Morgan fingerprint density at radius 3 is 1.92 bits per heavy atom. The van der Waals surface area contributed by atoms with E-state index in [1.165, 1.54) is 0 Å². The highest BCUT2D eigenvalue weighted by Crippen LogP contribution is 2.40. The number of carboxylic acids is 1. The monoisotopic (exact) mass is 343 g/mol. The lowest BCUT2D eigenvalue weighted by molar-refractivity contribution is -0.139. The molecule has 1 aliphatic heterocycles. The molecule has 7 heteroatoms. The van der Waals surface area contributed by atoms with Gasteiger partial charge in [-0.15, -0.1) is 0 Å². The summed E-state index contributed by atoms with van der Waals surface area (Å²) in [4.78, 5) is 23.5. The molecule has 0 bridgehead atoms. The van der Waals surface area contributed by atoms with E-state index in [0.29, 0.717) is 15.4 Å². The lowest BCUT2D eigenvalue weighted by atomic mass is 10.0. The Morgan fingerprint density at radius 2 is 1.42 bits per heavy atom. The van der Waals surface area contributed by atoms with Crippen molar-refractivity contribution in [1.29, 1.82) is 0 Å². The summed E-state index contributed by atoms with van der Waals surface area (Å²) in [6, 6.07) is 16.6. The molecular weight excluding hydrogens is 330 g/mol. The second-order valence-electron chi connectivity index (χ2n) is 5.15. The molecule has 0 saturated carbocycles. The molecule has 6 nitrogen and oxygen atoms in total. The second-order valence-corrected chi connectivity index (χ2v) is 6.95. The van der Waals surface area contributed by atoms with Gasteiger partial charge in [0.25, 0.3) is 15.9 Å². The van der Waals surface area contributed by atoms with Crippen molar-refractivity contribution >= 4 is 32.4 Å². The highest BCUT2D eigenvalue weighted by molar-refractivity contribution is 8.00. The van der Waals surface area contributed by atoms with Gasteiger partial charge >= 0.3 is 5.97 Å². The maximum absolute atomic E-state index is 12.8. The summed E-state index contributed by atoms with van der Waals surface area (Å²) in [6.45, 7) is -0.909. The third-order valence-electron chi connectivity index (χ3n) is 3.59. The summed E-state index contributed by atoms with van der Waals surface area (Å²) in [5.41, 5.74) is 0.762. The normalized spacial score (nSPS) is 16.5. The molecule has 0 saturated heterocycles. The zero-order valence-electron chi connectivity index (χ0n) is 12.4. The summed E-state index contributed by atoms with van der Waals surface area (Å²) < 4.78 is 26.0. The standard InChI is InChI=1S/C17H13NO5S/c19-14(20)11-18-17(21)15(12-7-3-1-4-8-12)16(24(18,22)23)13-9-5-2-6-10-13/h1-10H,11H2,(H,19,20). The first kappa shape index (κ1) is 15.9. The van der Waals surface area contributed by atoms with Crippen LogP contribution in [0, 0.1) is 0 Å². The smallest absolute Gasteiger partial charge is 0.324 e.